The molecule has 2 aliphatic rings. The number of nitrogens with one attached hydrogen (secondary N) is 2. The fourth-order valence-corrected chi connectivity index (χ4v) is 1.12. The van der Waals surface area contributed by atoms with E-state index in [1.807, 2.05) is 12.4 Å². The molecule has 52 valence electrons. The molecule has 0 aromatic rings. The van der Waals surface area contributed by atoms with Crippen LogP contribution in [0.25, 0.3) is 0 Å². The summed E-state index contributed by atoms with van der Waals surface area (Å²) in [5, 5.41) is 6.39. The van der Waals surface area contributed by atoms with Crippen molar-refractivity contribution in [2.45, 2.75) is 0 Å². The normalized spacial score (nSPS) is 22.4. The van der Waals surface area contributed by atoms with Gasteiger partial charge < -0.3 is 10.6 Å². The van der Waals surface area contributed by atoms with Crippen molar-refractivity contribution in [2.24, 2.45) is 4.99 Å². The highest BCUT2D eigenvalue weighted by molar-refractivity contribution is 5.82. The minimum Gasteiger partial charge on any atom is -0.362 e. The summed E-state index contributed by atoms with van der Waals surface area (Å²) in [5.74, 6) is 0. The summed E-state index contributed by atoms with van der Waals surface area (Å²) >= 11 is 0. The second-order valence-corrected chi connectivity index (χ2v) is 2.35. The van der Waals surface area contributed by atoms with E-state index >= 15 is 0 Å². The molecule has 2 aliphatic heterocycles. The van der Waals surface area contributed by atoms with Gasteiger partial charge in [-0.25, -0.2) is 0 Å². The molecular weight excluding hydrogens is 126 g/mol. The molecule has 2 N–H and O–H groups in total. The van der Waals surface area contributed by atoms with Gasteiger partial charge in [0, 0.05) is 43.0 Å². The SMILES string of the molecule is C1=CNC2=C(C=N1)CNC2. The van der Waals surface area contributed by atoms with Crippen molar-refractivity contribution in [2.75, 3.05) is 13.1 Å². The van der Waals surface area contributed by atoms with E-state index in [2.05, 4.69) is 15.6 Å². The largest absolute Gasteiger partial charge is 0.362 e. The number of rotatable bonds is 0. The third-order valence-corrected chi connectivity index (χ3v) is 1.65. The number of hydrogen-bond donors (Lipinski definition) is 2. The van der Waals surface area contributed by atoms with Crippen molar-refractivity contribution in [3.63, 3.8) is 0 Å². The van der Waals surface area contributed by atoms with Gasteiger partial charge in [0.2, 0.25) is 0 Å². The lowest BCUT2D eigenvalue weighted by molar-refractivity contribution is 0.844. The Morgan fingerprint density at radius 3 is 3.40 bits per heavy atom. The summed E-state index contributed by atoms with van der Waals surface area (Å²) in [7, 11) is 0. The van der Waals surface area contributed by atoms with E-state index in [0.29, 0.717) is 0 Å². The van der Waals surface area contributed by atoms with Crippen molar-refractivity contribution >= 4 is 6.21 Å². The van der Waals surface area contributed by atoms with E-state index in [-0.39, 0.29) is 0 Å². The molecule has 2 rings (SSSR count). The van der Waals surface area contributed by atoms with Gasteiger partial charge in [0.25, 0.3) is 0 Å². The van der Waals surface area contributed by atoms with Crippen molar-refractivity contribution in [3.8, 4) is 0 Å². The van der Waals surface area contributed by atoms with Crippen LogP contribution in [0.1, 0.15) is 0 Å². The fourth-order valence-electron chi connectivity index (χ4n) is 1.12. The molecule has 0 aromatic carbocycles. The molecule has 0 saturated carbocycles. The van der Waals surface area contributed by atoms with Gasteiger partial charge in [-0.15, -0.1) is 0 Å². The fraction of sp³-hybridized carbons (Fsp3) is 0.286. The lowest BCUT2D eigenvalue weighted by Gasteiger charge is -1.97. The molecule has 0 fully saturated rings. The summed E-state index contributed by atoms with van der Waals surface area (Å²) in [4.78, 5) is 4.05. The average molecular weight is 135 g/mol. The van der Waals surface area contributed by atoms with Gasteiger partial charge in [0.1, 0.15) is 0 Å². The van der Waals surface area contributed by atoms with Crippen LogP contribution in [-0.4, -0.2) is 19.3 Å². The molecule has 0 unspecified atom stereocenters. The molecule has 0 aromatic heterocycles. The van der Waals surface area contributed by atoms with Crippen LogP contribution in [0.4, 0.5) is 0 Å². The summed E-state index contributed by atoms with van der Waals surface area (Å²) in [6.07, 6.45) is 5.51. The highest BCUT2D eigenvalue weighted by Gasteiger charge is 2.10. The first-order chi connectivity index (χ1) is 4.97. The van der Waals surface area contributed by atoms with Gasteiger partial charge in [0.15, 0.2) is 0 Å². The Bertz CT molecular complexity index is 225. The van der Waals surface area contributed by atoms with Gasteiger partial charge >= 0.3 is 0 Å². The summed E-state index contributed by atoms with van der Waals surface area (Å²) in [6.45, 7) is 1.87. The Morgan fingerprint density at radius 2 is 2.40 bits per heavy atom. The topological polar surface area (TPSA) is 36.4 Å². The number of nitrogens with zero attached hydrogens (tertiary/aromatic N) is 1. The van der Waals surface area contributed by atoms with E-state index in [1.54, 1.807) is 6.20 Å². The van der Waals surface area contributed by atoms with E-state index in [9.17, 15) is 0 Å². The minimum atomic E-state index is 0.936. The maximum absolute atomic E-state index is 4.05. The Morgan fingerprint density at radius 1 is 1.40 bits per heavy atom. The lowest BCUT2D eigenvalue weighted by Crippen LogP contribution is -2.13. The Hall–Kier alpha value is -1.09. The molecule has 0 radical (unpaired) electrons. The van der Waals surface area contributed by atoms with Crippen LogP contribution in [0.5, 0.6) is 0 Å². The van der Waals surface area contributed by atoms with Crippen LogP contribution in [0.2, 0.25) is 0 Å². The molecule has 2 heterocycles. The molecule has 0 saturated heterocycles. The first kappa shape index (κ1) is 5.68. The van der Waals surface area contributed by atoms with Crippen LogP contribution < -0.4 is 10.6 Å². The average Bonchev–Trinajstić information content (AvgIpc) is 2.28. The Labute approximate surface area is 59.5 Å². The molecule has 0 spiro atoms. The molecule has 0 bridgehead atoms. The van der Waals surface area contributed by atoms with E-state index in [0.717, 1.165) is 13.1 Å². The van der Waals surface area contributed by atoms with Crippen LogP contribution in [0.3, 0.4) is 0 Å². The molecule has 10 heavy (non-hydrogen) atoms. The summed E-state index contributed by atoms with van der Waals surface area (Å²) in [5.41, 5.74) is 2.52. The predicted molar refractivity (Wildman–Crippen MR) is 40.7 cm³/mol. The Kier molecular flexibility index (Phi) is 1.29. The molecule has 0 atom stereocenters. The summed E-state index contributed by atoms with van der Waals surface area (Å²) in [6, 6.07) is 0. The first-order valence-corrected chi connectivity index (χ1v) is 3.34. The zero-order valence-corrected chi connectivity index (χ0v) is 5.59. The molecule has 3 nitrogen and oxygen atoms in total. The lowest BCUT2D eigenvalue weighted by atomic mass is 10.3. The van der Waals surface area contributed by atoms with Crippen LogP contribution in [-0.2, 0) is 0 Å². The highest BCUT2D eigenvalue weighted by Crippen LogP contribution is 2.05. The molecular formula is C7H9N3. The van der Waals surface area contributed by atoms with Gasteiger partial charge in [-0.1, -0.05) is 0 Å². The second kappa shape index (κ2) is 2.27. The molecule has 0 aliphatic carbocycles. The van der Waals surface area contributed by atoms with Crippen LogP contribution >= 0.6 is 0 Å². The van der Waals surface area contributed by atoms with Crippen molar-refractivity contribution in [1.29, 1.82) is 0 Å². The maximum Gasteiger partial charge on any atom is 0.0428 e. The zero-order chi connectivity index (χ0) is 6.81. The third kappa shape index (κ3) is 0.844. The Balaban J connectivity index is 2.30. The quantitative estimate of drug-likeness (QED) is 0.490. The predicted octanol–water partition coefficient (Wildman–Crippen LogP) is -0.0111. The van der Waals surface area contributed by atoms with Crippen molar-refractivity contribution in [3.05, 3.63) is 23.7 Å². The van der Waals surface area contributed by atoms with E-state index in [1.165, 1.54) is 11.3 Å². The molecule has 0 amide bonds. The van der Waals surface area contributed by atoms with E-state index in [4.69, 9.17) is 0 Å². The smallest absolute Gasteiger partial charge is 0.0428 e. The van der Waals surface area contributed by atoms with Gasteiger partial charge in [-0.3, -0.25) is 4.99 Å². The third-order valence-electron chi connectivity index (χ3n) is 1.65. The number of hydrogen-bond acceptors (Lipinski definition) is 3. The summed E-state index contributed by atoms with van der Waals surface area (Å²) < 4.78 is 0. The standard InChI is InChI=1S/C7H9N3/c1-2-10-7-5-9-4-6(7)3-8-1/h1-3,9-10H,4-5H2. The first-order valence-electron chi connectivity index (χ1n) is 3.34. The maximum atomic E-state index is 4.05. The van der Waals surface area contributed by atoms with Crippen molar-refractivity contribution in [1.82, 2.24) is 10.6 Å². The van der Waals surface area contributed by atoms with Gasteiger partial charge in [0.05, 0.1) is 0 Å². The van der Waals surface area contributed by atoms with E-state index < -0.39 is 0 Å². The van der Waals surface area contributed by atoms with Gasteiger partial charge in [-0.05, 0) is 0 Å². The van der Waals surface area contributed by atoms with Gasteiger partial charge in [-0.2, -0.15) is 0 Å². The monoisotopic (exact) mass is 135 g/mol. The zero-order valence-electron chi connectivity index (χ0n) is 5.59. The highest BCUT2D eigenvalue weighted by atomic mass is 15.0. The van der Waals surface area contributed by atoms with Crippen molar-refractivity contribution < 1.29 is 0 Å². The molecule has 3 heteroatoms. The van der Waals surface area contributed by atoms with Crippen LogP contribution in [0, 0.1) is 0 Å². The number of aliphatic imine (C=N–C) groups is 1. The van der Waals surface area contributed by atoms with Crippen LogP contribution in [0.15, 0.2) is 28.7 Å². The minimum absolute atomic E-state index is 0.936. The second-order valence-electron chi connectivity index (χ2n) is 2.35.